The summed E-state index contributed by atoms with van der Waals surface area (Å²) in [6, 6.07) is 8.12. The van der Waals surface area contributed by atoms with E-state index < -0.39 is 0 Å². The van der Waals surface area contributed by atoms with Crippen LogP contribution in [-0.4, -0.2) is 27.6 Å². The van der Waals surface area contributed by atoms with E-state index in [9.17, 15) is 4.79 Å². The monoisotopic (exact) mass is 291 g/mol. The maximum Gasteiger partial charge on any atom is 0.258 e. The largest absolute Gasteiger partial charge is 0.337 e. The van der Waals surface area contributed by atoms with E-state index in [-0.39, 0.29) is 5.91 Å². The predicted octanol–water partition coefficient (Wildman–Crippen LogP) is 2.96. The van der Waals surface area contributed by atoms with Gasteiger partial charge in [0.25, 0.3) is 5.91 Å². The molecular weight excluding hydrogens is 274 g/mol. The highest BCUT2D eigenvalue weighted by molar-refractivity contribution is 6.33. The zero-order valence-electron chi connectivity index (χ0n) is 12.1. The number of benzene rings is 1. The van der Waals surface area contributed by atoms with Crippen LogP contribution in [0.15, 0.2) is 24.3 Å². The van der Waals surface area contributed by atoms with Gasteiger partial charge in [-0.25, -0.2) is 0 Å². The molecule has 0 radical (unpaired) electrons. The average Bonchev–Trinajstić information content (AvgIpc) is 2.65. The third-order valence-electron chi connectivity index (χ3n) is 3.25. The van der Waals surface area contributed by atoms with Crippen molar-refractivity contribution in [3.05, 3.63) is 51.8 Å². The van der Waals surface area contributed by atoms with Gasteiger partial charge in [-0.15, -0.1) is 0 Å². The van der Waals surface area contributed by atoms with Crippen LogP contribution in [0, 0.1) is 13.8 Å². The average molecular weight is 292 g/mol. The lowest BCUT2D eigenvalue weighted by Gasteiger charge is -2.17. The number of nitrogens with zero attached hydrogens (tertiary/aromatic N) is 3. The van der Waals surface area contributed by atoms with E-state index in [4.69, 9.17) is 11.6 Å². The number of carbonyl (C=O) groups is 1. The maximum atomic E-state index is 12.5. The number of aryl methyl sites for hydroxylation is 3. The minimum atomic E-state index is -0.110. The van der Waals surface area contributed by atoms with Crippen LogP contribution in [0.1, 0.15) is 27.2 Å². The summed E-state index contributed by atoms with van der Waals surface area (Å²) in [5, 5.41) is 4.55. The van der Waals surface area contributed by atoms with Gasteiger partial charge in [0.1, 0.15) is 5.15 Å². The summed E-state index contributed by atoms with van der Waals surface area (Å²) < 4.78 is 1.52. The van der Waals surface area contributed by atoms with Crippen molar-refractivity contribution in [2.24, 2.45) is 7.05 Å². The lowest BCUT2D eigenvalue weighted by molar-refractivity contribution is 0.0784. The van der Waals surface area contributed by atoms with E-state index in [1.54, 1.807) is 25.9 Å². The van der Waals surface area contributed by atoms with Gasteiger partial charge in [0, 0.05) is 20.6 Å². The molecule has 1 heterocycles. The van der Waals surface area contributed by atoms with Gasteiger partial charge in [0.05, 0.1) is 11.3 Å². The molecule has 0 atom stereocenters. The molecule has 1 aromatic heterocycles. The summed E-state index contributed by atoms with van der Waals surface area (Å²) in [4.78, 5) is 14.1. The number of aromatic nitrogens is 2. The Morgan fingerprint density at radius 3 is 2.40 bits per heavy atom. The van der Waals surface area contributed by atoms with Crippen LogP contribution in [-0.2, 0) is 13.6 Å². The first-order chi connectivity index (χ1) is 9.40. The van der Waals surface area contributed by atoms with E-state index in [1.165, 1.54) is 10.2 Å². The molecule has 0 spiro atoms. The molecule has 1 amide bonds. The number of halogens is 1. The predicted molar refractivity (Wildman–Crippen MR) is 79.9 cm³/mol. The third-order valence-corrected chi connectivity index (χ3v) is 3.69. The van der Waals surface area contributed by atoms with Gasteiger partial charge in [-0.1, -0.05) is 41.4 Å². The zero-order chi connectivity index (χ0) is 14.9. The summed E-state index contributed by atoms with van der Waals surface area (Å²) in [6.45, 7) is 4.38. The van der Waals surface area contributed by atoms with Crippen LogP contribution in [0.25, 0.3) is 0 Å². The Kier molecular flexibility index (Phi) is 4.14. The first kappa shape index (κ1) is 14.6. The molecule has 2 aromatic rings. The molecule has 106 valence electrons. The van der Waals surface area contributed by atoms with Crippen molar-refractivity contribution in [2.45, 2.75) is 20.4 Å². The second-order valence-electron chi connectivity index (χ2n) is 5.02. The van der Waals surface area contributed by atoms with Gasteiger partial charge < -0.3 is 4.90 Å². The van der Waals surface area contributed by atoms with E-state index in [0.29, 0.717) is 23.0 Å². The fourth-order valence-electron chi connectivity index (χ4n) is 2.10. The summed E-state index contributed by atoms with van der Waals surface area (Å²) in [7, 11) is 3.50. The molecule has 0 N–H and O–H groups in total. The Morgan fingerprint density at radius 2 is 1.90 bits per heavy atom. The van der Waals surface area contributed by atoms with E-state index >= 15 is 0 Å². The number of rotatable bonds is 3. The number of hydrogen-bond donors (Lipinski definition) is 0. The molecule has 0 aliphatic rings. The molecule has 0 bridgehead atoms. The van der Waals surface area contributed by atoms with Crippen LogP contribution >= 0.6 is 11.6 Å². The van der Waals surface area contributed by atoms with Gasteiger partial charge >= 0.3 is 0 Å². The van der Waals surface area contributed by atoms with Crippen molar-refractivity contribution in [3.8, 4) is 0 Å². The molecule has 0 saturated carbocycles. The molecule has 0 unspecified atom stereocenters. The maximum absolute atomic E-state index is 12.5. The molecule has 2 rings (SSSR count). The van der Waals surface area contributed by atoms with E-state index in [0.717, 1.165) is 5.56 Å². The summed E-state index contributed by atoms with van der Waals surface area (Å²) in [5.74, 6) is -0.110. The molecule has 1 aromatic carbocycles. The molecule has 5 heteroatoms. The second-order valence-corrected chi connectivity index (χ2v) is 5.38. The van der Waals surface area contributed by atoms with Gasteiger partial charge in [-0.2, -0.15) is 5.10 Å². The fourth-order valence-corrected chi connectivity index (χ4v) is 2.36. The molecule has 0 aliphatic heterocycles. The second kappa shape index (κ2) is 5.67. The zero-order valence-corrected chi connectivity index (χ0v) is 12.9. The van der Waals surface area contributed by atoms with Crippen LogP contribution < -0.4 is 0 Å². The lowest BCUT2D eigenvalue weighted by atomic mass is 10.1. The summed E-state index contributed by atoms with van der Waals surface area (Å²) in [6.07, 6.45) is 0. The highest BCUT2D eigenvalue weighted by Crippen LogP contribution is 2.21. The Balaban J connectivity index is 2.18. The Bertz CT molecular complexity index is 631. The van der Waals surface area contributed by atoms with E-state index in [2.05, 4.69) is 5.10 Å². The standard InChI is InChI=1S/C15H18ClN3O/c1-10-5-7-12(8-6-10)9-18(3)15(20)13-11(2)17-19(4)14(13)16/h5-8H,9H2,1-4H3. The summed E-state index contributed by atoms with van der Waals surface area (Å²) >= 11 is 6.13. The van der Waals surface area contributed by atoms with E-state index in [1.807, 2.05) is 31.2 Å². The smallest absolute Gasteiger partial charge is 0.258 e. The Labute approximate surface area is 124 Å². The van der Waals surface area contributed by atoms with Crippen molar-refractivity contribution in [1.82, 2.24) is 14.7 Å². The van der Waals surface area contributed by atoms with Crippen molar-refractivity contribution >= 4 is 17.5 Å². The van der Waals surface area contributed by atoms with Crippen molar-refractivity contribution in [1.29, 1.82) is 0 Å². The quantitative estimate of drug-likeness (QED) is 0.872. The minimum Gasteiger partial charge on any atom is -0.337 e. The SMILES string of the molecule is Cc1ccc(CN(C)C(=O)c2c(C)nn(C)c2Cl)cc1. The topological polar surface area (TPSA) is 38.1 Å². The molecular formula is C15H18ClN3O. The highest BCUT2D eigenvalue weighted by Gasteiger charge is 2.22. The van der Waals surface area contributed by atoms with Crippen LogP contribution in [0.4, 0.5) is 0 Å². The Morgan fingerprint density at radius 1 is 1.30 bits per heavy atom. The lowest BCUT2D eigenvalue weighted by Crippen LogP contribution is -2.26. The molecule has 0 fully saturated rings. The third kappa shape index (κ3) is 2.85. The van der Waals surface area contributed by atoms with Gasteiger partial charge in [0.15, 0.2) is 0 Å². The minimum absolute atomic E-state index is 0.110. The normalized spacial score (nSPS) is 10.7. The van der Waals surface area contributed by atoms with Crippen LogP contribution in [0.2, 0.25) is 5.15 Å². The number of carbonyl (C=O) groups excluding carboxylic acids is 1. The number of hydrogen-bond acceptors (Lipinski definition) is 2. The van der Waals surface area contributed by atoms with Crippen molar-refractivity contribution in [3.63, 3.8) is 0 Å². The van der Waals surface area contributed by atoms with Crippen LogP contribution in [0.5, 0.6) is 0 Å². The Hall–Kier alpha value is -1.81. The molecule has 4 nitrogen and oxygen atoms in total. The fraction of sp³-hybridized carbons (Fsp3) is 0.333. The van der Waals surface area contributed by atoms with Gasteiger partial charge in [0.2, 0.25) is 0 Å². The summed E-state index contributed by atoms with van der Waals surface area (Å²) in [5.41, 5.74) is 3.42. The van der Waals surface area contributed by atoms with Gasteiger partial charge in [-0.3, -0.25) is 9.48 Å². The van der Waals surface area contributed by atoms with Gasteiger partial charge in [-0.05, 0) is 19.4 Å². The molecule has 0 saturated heterocycles. The molecule has 20 heavy (non-hydrogen) atoms. The first-order valence-corrected chi connectivity index (χ1v) is 6.78. The first-order valence-electron chi connectivity index (χ1n) is 6.40. The molecule has 0 aliphatic carbocycles. The van der Waals surface area contributed by atoms with Crippen molar-refractivity contribution in [2.75, 3.05) is 7.05 Å². The van der Waals surface area contributed by atoms with Crippen LogP contribution in [0.3, 0.4) is 0 Å². The highest BCUT2D eigenvalue weighted by atomic mass is 35.5. The number of amides is 1. The van der Waals surface area contributed by atoms with Crippen molar-refractivity contribution < 1.29 is 4.79 Å².